The van der Waals surface area contributed by atoms with Gasteiger partial charge in [0.2, 0.25) is 0 Å². The molecule has 2 heterocycles. The minimum absolute atomic E-state index is 0.00333. The van der Waals surface area contributed by atoms with E-state index in [0.29, 0.717) is 16.3 Å². The number of benzene rings is 1. The number of carboxylic acids is 1. The number of nitrogens with zero attached hydrogens (tertiary/aromatic N) is 2. The zero-order valence-corrected chi connectivity index (χ0v) is 12.6. The van der Waals surface area contributed by atoms with Gasteiger partial charge in [0.05, 0.1) is 16.6 Å². The van der Waals surface area contributed by atoms with E-state index < -0.39 is 17.2 Å². The van der Waals surface area contributed by atoms with Crippen molar-refractivity contribution in [3.8, 4) is 11.3 Å². The van der Waals surface area contributed by atoms with Gasteiger partial charge in [-0.2, -0.15) is 0 Å². The van der Waals surface area contributed by atoms with Crippen LogP contribution in [-0.4, -0.2) is 25.6 Å². The maximum absolute atomic E-state index is 12.0. The zero-order chi connectivity index (χ0) is 16.7. The lowest BCUT2D eigenvalue weighted by Crippen LogP contribution is -2.30. The van der Waals surface area contributed by atoms with Gasteiger partial charge in [-0.05, 0) is 18.2 Å². The number of aromatic nitrogens is 3. The predicted octanol–water partition coefficient (Wildman–Crippen LogP) is 1.64. The van der Waals surface area contributed by atoms with E-state index in [-0.39, 0.29) is 16.6 Å². The summed E-state index contributed by atoms with van der Waals surface area (Å²) >= 11 is 5.84. The Morgan fingerprint density at radius 3 is 2.52 bits per heavy atom. The first-order valence-electron chi connectivity index (χ1n) is 6.52. The fourth-order valence-corrected chi connectivity index (χ4v) is 2.40. The largest absolute Gasteiger partial charge is 0.478 e. The van der Waals surface area contributed by atoms with Crippen molar-refractivity contribution in [2.45, 2.75) is 0 Å². The van der Waals surface area contributed by atoms with Crippen LogP contribution < -0.4 is 11.2 Å². The number of halogens is 1. The van der Waals surface area contributed by atoms with Gasteiger partial charge in [-0.1, -0.05) is 23.7 Å². The number of nitrogens with one attached hydrogen (secondary N) is 1. The SMILES string of the molecule is Cn1c(=O)[nH]c(=O)c2c(C(=O)O)cc(-c3ccc(Cl)cc3)nc21. The second kappa shape index (κ2) is 5.36. The Balaban J connectivity index is 2.45. The van der Waals surface area contributed by atoms with Crippen LogP contribution in [-0.2, 0) is 7.05 Å². The highest BCUT2D eigenvalue weighted by atomic mass is 35.5. The number of aryl methyl sites for hydroxylation is 1. The summed E-state index contributed by atoms with van der Waals surface area (Å²) in [4.78, 5) is 41.6. The molecule has 0 saturated heterocycles. The smallest absolute Gasteiger partial charge is 0.336 e. The normalized spacial score (nSPS) is 10.9. The van der Waals surface area contributed by atoms with E-state index in [1.807, 2.05) is 0 Å². The monoisotopic (exact) mass is 331 g/mol. The number of pyridine rings is 1. The van der Waals surface area contributed by atoms with Gasteiger partial charge in [0.15, 0.2) is 5.65 Å². The van der Waals surface area contributed by atoms with Crippen molar-refractivity contribution in [2.24, 2.45) is 7.05 Å². The maximum atomic E-state index is 12.0. The summed E-state index contributed by atoms with van der Waals surface area (Å²) in [6.07, 6.45) is 0. The number of aromatic amines is 1. The van der Waals surface area contributed by atoms with Gasteiger partial charge in [-0.25, -0.2) is 14.6 Å². The fourth-order valence-electron chi connectivity index (χ4n) is 2.28. The van der Waals surface area contributed by atoms with Crippen LogP contribution in [0, 0.1) is 0 Å². The molecular weight excluding hydrogens is 322 g/mol. The Kier molecular flexibility index (Phi) is 3.49. The number of hydrogen-bond acceptors (Lipinski definition) is 4. The third kappa shape index (κ3) is 2.51. The topological polar surface area (TPSA) is 105 Å². The molecule has 0 radical (unpaired) electrons. The maximum Gasteiger partial charge on any atom is 0.336 e. The van der Waals surface area contributed by atoms with Crippen LogP contribution in [0.3, 0.4) is 0 Å². The standard InChI is InChI=1S/C15H10ClN3O4/c1-19-12-11(13(20)18-15(19)23)9(14(21)22)6-10(17-12)7-2-4-8(16)5-3-7/h2-6H,1H3,(H,21,22)(H,18,20,23). The van der Waals surface area contributed by atoms with Gasteiger partial charge in [0, 0.05) is 17.6 Å². The van der Waals surface area contributed by atoms with E-state index in [9.17, 15) is 19.5 Å². The number of rotatable bonds is 2. The Bertz CT molecular complexity index is 1050. The van der Waals surface area contributed by atoms with Crippen LogP contribution >= 0.6 is 11.6 Å². The van der Waals surface area contributed by atoms with E-state index in [4.69, 9.17) is 11.6 Å². The molecule has 1 aromatic carbocycles. The van der Waals surface area contributed by atoms with E-state index in [1.54, 1.807) is 24.3 Å². The number of fused-ring (bicyclic) bond motifs is 1. The minimum atomic E-state index is -1.28. The van der Waals surface area contributed by atoms with Crippen molar-refractivity contribution in [3.05, 3.63) is 61.8 Å². The molecule has 116 valence electrons. The number of carboxylic acid groups (broad SMARTS) is 1. The van der Waals surface area contributed by atoms with Crippen LogP contribution in [0.25, 0.3) is 22.3 Å². The van der Waals surface area contributed by atoms with Crippen molar-refractivity contribution in [3.63, 3.8) is 0 Å². The van der Waals surface area contributed by atoms with Gasteiger partial charge in [0.25, 0.3) is 5.56 Å². The molecule has 2 aromatic heterocycles. The number of H-pyrrole nitrogens is 1. The molecule has 0 bridgehead atoms. The van der Waals surface area contributed by atoms with E-state index in [1.165, 1.54) is 13.1 Å². The van der Waals surface area contributed by atoms with Crippen molar-refractivity contribution in [2.75, 3.05) is 0 Å². The van der Waals surface area contributed by atoms with E-state index >= 15 is 0 Å². The van der Waals surface area contributed by atoms with E-state index in [0.717, 1.165) is 4.57 Å². The van der Waals surface area contributed by atoms with E-state index in [2.05, 4.69) is 9.97 Å². The first kappa shape index (κ1) is 15.0. The summed E-state index contributed by atoms with van der Waals surface area (Å²) in [5.74, 6) is -1.28. The molecule has 0 aliphatic rings. The molecule has 3 rings (SSSR count). The highest BCUT2D eigenvalue weighted by Gasteiger charge is 2.18. The van der Waals surface area contributed by atoms with Crippen LogP contribution in [0.4, 0.5) is 0 Å². The Labute approximate surface area is 133 Å². The molecule has 0 amide bonds. The lowest BCUT2D eigenvalue weighted by atomic mass is 10.1. The molecule has 0 spiro atoms. The first-order valence-corrected chi connectivity index (χ1v) is 6.89. The Morgan fingerprint density at radius 2 is 1.91 bits per heavy atom. The molecule has 0 aliphatic carbocycles. The molecule has 7 nitrogen and oxygen atoms in total. The second-order valence-electron chi connectivity index (χ2n) is 4.88. The molecule has 3 aromatic rings. The van der Waals surface area contributed by atoms with Crippen molar-refractivity contribution >= 4 is 28.6 Å². The summed E-state index contributed by atoms with van der Waals surface area (Å²) in [7, 11) is 1.41. The van der Waals surface area contributed by atoms with Crippen LogP contribution in [0.5, 0.6) is 0 Å². The molecule has 2 N–H and O–H groups in total. The summed E-state index contributed by atoms with van der Waals surface area (Å²) in [6, 6.07) is 7.93. The molecule has 23 heavy (non-hydrogen) atoms. The molecule has 0 unspecified atom stereocenters. The Hall–Kier alpha value is -2.93. The first-order chi connectivity index (χ1) is 10.9. The lowest BCUT2D eigenvalue weighted by Gasteiger charge is -2.09. The average molecular weight is 332 g/mol. The van der Waals surface area contributed by atoms with Crippen molar-refractivity contribution < 1.29 is 9.90 Å². The van der Waals surface area contributed by atoms with Crippen LogP contribution in [0.1, 0.15) is 10.4 Å². The molecule has 0 saturated carbocycles. The highest BCUT2D eigenvalue weighted by Crippen LogP contribution is 2.23. The summed E-state index contributed by atoms with van der Waals surface area (Å²) in [5, 5.41) is 9.78. The van der Waals surface area contributed by atoms with Crippen molar-refractivity contribution in [1.29, 1.82) is 0 Å². The summed E-state index contributed by atoms with van der Waals surface area (Å²) in [5.41, 5.74) is -0.727. The number of carbonyl (C=O) groups is 1. The van der Waals surface area contributed by atoms with Crippen molar-refractivity contribution in [1.82, 2.24) is 14.5 Å². The fraction of sp³-hybridized carbons (Fsp3) is 0.0667. The quantitative estimate of drug-likeness (QED) is 0.742. The van der Waals surface area contributed by atoms with Crippen LogP contribution in [0.15, 0.2) is 39.9 Å². The molecule has 0 atom stereocenters. The molecule has 0 fully saturated rings. The second-order valence-corrected chi connectivity index (χ2v) is 5.32. The molecule has 8 heteroatoms. The average Bonchev–Trinajstić information content (AvgIpc) is 2.52. The van der Waals surface area contributed by atoms with Crippen LogP contribution in [0.2, 0.25) is 5.02 Å². The number of hydrogen-bond donors (Lipinski definition) is 2. The zero-order valence-electron chi connectivity index (χ0n) is 11.8. The third-order valence-corrected chi connectivity index (χ3v) is 3.69. The molecular formula is C15H10ClN3O4. The van der Waals surface area contributed by atoms with Gasteiger partial charge < -0.3 is 5.11 Å². The van der Waals surface area contributed by atoms with Gasteiger partial charge in [-0.3, -0.25) is 14.3 Å². The minimum Gasteiger partial charge on any atom is -0.478 e. The van der Waals surface area contributed by atoms with Gasteiger partial charge in [0.1, 0.15) is 0 Å². The van der Waals surface area contributed by atoms with Gasteiger partial charge in [-0.15, -0.1) is 0 Å². The third-order valence-electron chi connectivity index (χ3n) is 3.44. The van der Waals surface area contributed by atoms with Gasteiger partial charge >= 0.3 is 11.7 Å². The summed E-state index contributed by atoms with van der Waals surface area (Å²) < 4.78 is 1.10. The lowest BCUT2D eigenvalue weighted by molar-refractivity contribution is 0.0699. The summed E-state index contributed by atoms with van der Waals surface area (Å²) in [6.45, 7) is 0. The predicted molar refractivity (Wildman–Crippen MR) is 85.0 cm³/mol. The number of aromatic carboxylic acids is 1. The Morgan fingerprint density at radius 1 is 1.26 bits per heavy atom. The molecule has 0 aliphatic heterocycles. The highest BCUT2D eigenvalue weighted by molar-refractivity contribution is 6.30.